The molecule has 6 heteroatoms. The van der Waals surface area contributed by atoms with E-state index in [4.69, 9.17) is 4.98 Å². The summed E-state index contributed by atoms with van der Waals surface area (Å²) in [7, 11) is 0. The Hall–Kier alpha value is -3.38. The molecule has 1 aromatic heterocycles. The van der Waals surface area contributed by atoms with Crippen LogP contribution in [-0.4, -0.2) is 20.7 Å². The first-order chi connectivity index (χ1) is 14.9. The summed E-state index contributed by atoms with van der Waals surface area (Å²) >= 11 is 1.27. The Morgan fingerprint density at radius 3 is 2.42 bits per heavy atom. The van der Waals surface area contributed by atoms with Crippen LogP contribution in [0.3, 0.4) is 0 Å². The summed E-state index contributed by atoms with van der Waals surface area (Å²) in [5.74, 6) is -0.143. The first-order valence-electron chi connectivity index (χ1n) is 10.1. The maximum Gasteiger partial charge on any atom is 0.266 e. The zero-order valence-electron chi connectivity index (χ0n) is 17.6. The highest BCUT2D eigenvalue weighted by Gasteiger charge is 2.20. The van der Waals surface area contributed by atoms with Gasteiger partial charge in [0.1, 0.15) is 0 Å². The second-order valence-corrected chi connectivity index (χ2v) is 8.74. The van der Waals surface area contributed by atoms with Gasteiger partial charge in [0.05, 0.1) is 21.8 Å². The lowest BCUT2D eigenvalue weighted by atomic mass is 10.1. The number of carbonyl (C=O) groups excluding carboxylic acids is 1. The molecule has 0 bridgehead atoms. The van der Waals surface area contributed by atoms with Crippen LogP contribution < -0.4 is 10.9 Å². The lowest BCUT2D eigenvalue weighted by molar-refractivity contribution is -0.115. The van der Waals surface area contributed by atoms with Crippen molar-refractivity contribution in [1.29, 1.82) is 0 Å². The summed E-state index contributed by atoms with van der Waals surface area (Å²) in [6, 6.07) is 22.5. The average Bonchev–Trinajstić information content (AvgIpc) is 2.77. The van der Waals surface area contributed by atoms with Gasteiger partial charge in [0.2, 0.25) is 5.91 Å². The Morgan fingerprint density at radius 1 is 0.968 bits per heavy atom. The molecule has 4 rings (SSSR count). The number of anilines is 1. The second-order valence-electron chi connectivity index (χ2n) is 7.44. The van der Waals surface area contributed by atoms with Gasteiger partial charge in [-0.05, 0) is 68.3 Å². The highest BCUT2D eigenvalue weighted by molar-refractivity contribution is 8.00. The smallest absolute Gasteiger partial charge is 0.266 e. The van der Waals surface area contributed by atoms with Crippen LogP contribution in [0, 0.1) is 13.8 Å². The first-order valence-corrected chi connectivity index (χ1v) is 10.9. The third kappa shape index (κ3) is 4.39. The van der Waals surface area contributed by atoms with Gasteiger partial charge in [-0.15, -0.1) is 0 Å². The minimum atomic E-state index is -0.454. The van der Waals surface area contributed by atoms with E-state index in [0.29, 0.717) is 16.1 Å². The molecule has 1 unspecified atom stereocenters. The molecule has 156 valence electrons. The van der Waals surface area contributed by atoms with Crippen LogP contribution in [0.4, 0.5) is 5.69 Å². The van der Waals surface area contributed by atoms with Crippen LogP contribution >= 0.6 is 11.8 Å². The minimum absolute atomic E-state index is 0.143. The lowest BCUT2D eigenvalue weighted by Gasteiger charge is -2.17. The number of carbonyl (C=O) groups is 1. The topological polar surface area (TPSA) is 64.0 Å². The summed E-state index contributed by atoms with van der Waals surface area (Å²) in [5.41, 5.74) is 4.23. The van der Waals surface area contributed by atoms with E-state index in [1.807, 2.05) is 87.5 Å². The molecule has 3 aromatic carbocycles. The Balaban J connectivity index is 1.69. The van der Waals surface area contributed by atoms with Crippen molar-refractivity contribution in [1.82, 2.24) is 9.55 Å². The Kier molecular flexibility index (Phi) is 5.91. The largest absolute Gasteiger partial charge is 0.325 e. The number of aryl methyl sites for hydroxylation is 2. The van der Waals surface area contributed by atoms with Crippen LogP contribution in [0.1, 0.15) is 18.1 Å². The zero-order valence-corrected chi connectivity index (χ0v) is 18.4. The lowest BCUT2D eigenvalue weighted by Crippen LogP contribution is -2.26. The van der Waals surface area contributed by atoms with E-state index in [9.17, 15) is 9.59 Å². The van der Waals surface area contributed by atoms with E-state index in [1.165, 1.54) is 17.3 Å². The molecule has 1 amide bonds. The average molecular weight is 430 g/mol. The quantitative estimate of drug-likeness (QED) is 0.353. The van der Waals surface area contributed by atoms with Crippen LogP contribution in [0.2, 0.25) is 0 Å². The highest BCUT2D eigenvalue weighted by atomic mass is 32.2. The number of rotatable bonds is 5. The van der Waals surface area contributed by atoms with Crippen LogP contribution in [0.15, 0.2) is 82.7 Å². The maximum atomic E-state index is 13.3. The van der Waals surface area contributed by atoms with Crippen molar-refractivity contribution in [3.8, 4) is 5.69 Å². The first kappa shape index (κ1) is 20.9. The number of thioether (sulfide) groups is 1. The summed E-state index contributed by atoms with van der Waals surface area (Å²) < 4.78 is 1.58. The van der Waals surface area contributed by atoms with Gasteiger partial charge in [-0.2, -0.15) is 0 Å². The number of hydrogen-bond donors (Lipinski definition) is 1. The second kappa shape index (κ2) is 8.78. The summed E-state index contributed by atoms with van der Waals surface area (Å²) in [6.45, 7) is 5.87. The van der Waals surface area contributed by atoms with Gasteiger partial charge in [0.25, 0.3) is 5.56 Å². The van der Waals surface area contributed by atoms with Crippen molar-refractivity contribution in [2.45, 2.75) is 31.2 Å². The zero-order chi connectivity index (χ0) is 22.0. The predicted octanol–water partition coefficient (Wildman–Crippen LogP) is 5.12. The van der Waals surface area contributed by atoms with Gasteiger partial charge < -0.3 is 5.32 Å². The number of nitrogens with one attached hydrogen (secondary N) is 1. The summed E-state index contributed by atoms with van der Waals surface area (Å²) in [6.07, 6.45) is 0. The Labute approximate surface area is 185 Å². The van der Waals surface area contributed by atoms with Crippen molar-refractivity contribution in [2.75, 3.05) is 5.32 Å². The molecule has 0 spiro atoms. The standard InChI is InChI=1S/C25H23N3O2S/c1-16-13-14-19(15-17(16)2)26-23(29)18(3)31-25-27-22-12-8-7-11-21(22)24(30)28(25)20-9-5-4-6-10-20/h4-15,18H,1-3H3,(H,26,29). The number of fused-ring (bicyclic) bond motifs is 1. The SMILES string of the molecule is Cc1ccc(NC(=O)C(C)Sc2nc3ccccc3c(=O)n2-c2ccccc2)cc1C. The number of hydrogen-bond acceptors (Lipinski definition) is 4. The summed E-state index contributed by atoms with van der Waals surface area (Å²) in [4.78, 5) is 30.8. The predicted molar refractivity (Wildman–Crippen MR) is 127 cm³/mol. The van der Waals surface area contributed by atoms with Crippen LogP contribution in [0.25, 0.3) is 16.6 Å². The van der Waals surface area contributed by atoms with Crippen molar-refractivity contribution >= 4 is 34.3 Å². The number of para-hydroxylation sites is 2. The fourth-order valence-electron chi connectivity index (χ4n) is 3.27. The third-order valence-electron chi connectivity index (χ3n) is 5.19. The van der Waals surface area contributed by atoms with Gasteiger partial charge in [-0.25, -0.2) is 4.98 Å². The third-order valence-corrected chi connectivity index (χ3v) is 6.24. The van der Waals surface area contributed by atoms with Gasteiger partial charge in [0.15, 0.2) is 5.16 Å². The van der Waals surface area contributed by atoms with Crippen molar-refractivity contribution in [3.63, 3.8) is 0 Å². The van der Waals surface area contributed by atoms with Gasteiger partial charge in [0, 0.05) is 5.69 Å². The number of aromatic nitrogens is 2. The number of amides is 1. The van der Waals surface area contributed by atoms with Crippen molar-refractivity contribution in [3.05, 3.63) is 94.3 Å². The number of benzene rings is 3. The van der Waals surface area contributed by atoms with Crippen molar-refractivity contribution in [2.24, 2.45) is 0 Å². The Bertz CT molecular complexity index is 1320. The van der Waals surface area contributed by atoms with Crippen molar-refractivity contribution < 1.29 is 4.79 Å². The molecule has 0 radical (unpaired) electrons. The fourth-order valence-corrected chi connectivity index (χ4v) is 4.20. The molecule has 0 aliphatic heterocycles. The van der Waals surface area contributed by atoms with E-state index in [2.05, 4.69) is 5.32 Å². The molecule has 0 fully saturated rings. The van der Waals surface area contributed by atoms with Crippen LogP contribution in [0.5, 0.6) is 0 Å². The fraction of sp³-hybridized carbons (Fsp3) is 0.160. The van der Waals surface area contributed by atoms with Gasteiger partial charge in [-0.1, -0.05) is 48.2 Å². The molecule has 0 saturated carbocycles. The highest BCUT2D eigenvalue weighted by Crippen LogP contribution is 2.26. The molecule has 1 N–H and O–H groups in total. The Morgan fingerprint density at radius 2 is 1.68 bits per heavy atom. The van der Waals surface area contributed by atoms with Gasteiger partial charge >= 0.3 is 0 Å². The molecular formula is C25H23N3O2S. The molecule has 0 aliphatic rings. The normalized spacial score (nSPS) is 12.0. The summed E-state index contributed by atoms with van der Waals surface area (Å²) in [5, 5.41) is 3.54. The van der Waals surface area contributed by atoms with E-state index in [0.717, 1.165) is 16.9 Å². The molecule has 5 nitrogen and oxygen atoms in total. The molecule has 1 atom stereocenters. The van der Waals surface area contributed by atoms with Crippen LogP contribution in [-0.2, 0) is 4.79 Å². The molecular weight excluding hydrogens is 406 g/mol. The molecule has 0 aliphatic carbocycles. The van der Waals surface area contributed by atoms with Gasteiger partial charge in [-0.3, -0.25) is 14.2 Å². The van der Waals surface area contributed by atoms with E-state index < -0.39 is 5.25 Å². The minimum Gasteiger partial charge on any atom is -0.325 e. The number of nitrogens with zero attached hydrogens (tertiary/aromatic N) is 2. The van der Waals surface area contributed by atoms with E-state index in [-0.39, 0.29) is 11.5 Å². The molecule has 31 heavy (non-hydrogen) atoms. The molecule has 4 aromatic rings. The molecule has 1 heterocycles. The molecule has 0 saturated heterocycles. The van der Waals surface area contributed by atoms with E-state index >= 15 is 0 Å². The maximum absolute atomic E-state index is 13.3. The monoisotopic (exact) mass is 429 g/mol. The van der Waals surface area contributed by atoms with E-state index in [1.54, 1.807) is 10.6 Å².